The number of rotatable bonds is 6. The van der Waals surface area contributed by atoms with Gasteiger partial charge in [-0.25, -0.2) is 5.43 Å². The summed E-state index contributed by atoms with van der Waals surface area (Å²) in [4.78, 5) is 22.6. The highest BCUT2D eigenvalue weighted by Gasteiger charge is 2.11. The molecule has 0 saturated heterocycles. The Bertz CT molecular complexity index is 695. The van der Waals surface area contributed by atoms with E-state index in [9.17, 15) is 9.59 Å². The maximum Gasteiger partial charge on any atom is 0.307 e. The normalized spacial score (nSPS) is 11.2. The van der Waals surface area contributed by atoms with E-state index in [2.05, 4.69) is 26.5 Å². The van der Waals surface area contributed by atoms with Crippen LogP contribution in [0.4, 0.5) is 0 Å². The Morgan fingerprint density at radius 1 is 1.14 bits per heavy atom. The Labute approximate surface area is 135 Å². The van der Waals surface area contributed by atoms with Crippen LogP contribution in [0.2, 0.25) is 0 Å². The second-order valence-electron chi connectivity index (χ2n) is 4.36. The molecule has 0 unspecified atom stereocenters. The van der Waals surface area contributed by atoms with Gasteiger partial charge in [0.25, 0.3) is 0 Å². The Morgan fingerprint density at radius 2 is 1.86 bits per heavy atom. The smallest absolute Gasteiger partial charge is 0.307 e. The van der Waals surface area contributed by atoms with E-state index in [1.165, 1.54) is 6.07 Å². The fourth-order valence-corrected chi connectivity index (χ4v) is 2.04. The number of halogens is 1. The Hall–Kier alpha value is -2.41. The molecule has 1 amide bonds. The molecule has 1 heterocycles. The van der Waals surface area contributed by atoms with Gasteiger partial charge in [-0.3, -0.25) is 9.59 Å². The summed E-state index contributed by atoms with van der Waals surface area (Å²) in [7, 11) is 0. The highest BCUT2D eigenvalue weighted by atomic mass is 79.9. The summed E-state index contributed by atoms with van der Waals surface area (Å²) < 4.78 is 5.56. The lowest BCUT2D eigenvalue weighted by Gasteiger charge is -2.05. The predicted molar refractivity (Wildman–Crippen MR) is 83.7 cm³/mol. The van der Waals surface area contributed by atoms with Crippen LogP contribution in [0.25, 0.3) is 0 Å². The molecule has 2 N–H and O–H groups in total. The first-order valence-corrected chi connectivity index (χ1v) is 7.25. The zero-order valence-corrected chi connectivity index (χ0v) is 13.0. The van der Waals surface area contributed by atoms with E-state index >= 15 is 0 Å². The number of carboxylic acids is 1. The lowest BCUT2D eigenvalue weighted by molar-refractivity contribution is -0.136. The van der Waals surface area contributed by atoms with Crippen molar-refractivity contribution in [3.8, 4) is 0 Å². The Morgan fingerprint density at radius 3 is 2.45 bits per heavy atom. The van der Waals surface area contributed by atoms with Gasteiger partial charge in [0.05, 0.1) is 12.1 Å². The first-order chi connectivity index (χ1) is 10.6. The third-order valence-electron chi connectivity index (χ3n) is 2.77. The second-order valence-corrected chi connectivity index (χ2v) is 5.14. The van der Waals surface area contributed by atoms with Gasteiger partial charge in [0.15, 0.2) is 10.4 Å². The summed E-state index contributed by atoms with van der Waals surface area (Å²) in [6.07, 6.45) is 0.136. The second kappa shape index (κ2) is 7.56. The topological polar surface area (TPSA) is 91.9 Å². The number of amides is 1. The van der Waals surface area contributed by atoms with Gasteiger partial charge in [-0.05, 0) is 33.6 Å². The third kappa shape index (κ3) is 4.56. The van der Waals surface area contributed by atoms with Gasteiger partial charge in [-0.1, -0.05) is 30.3 Å². The van der Waals surface area contributed by atoms with E-state index in [1.54, 1.807) is 18.2 Å². The summed E-state index contributed by atoms with van der Waals surface area (Å²) in [5.74, 6) is -1.32. The van der Waals surface area contributed by atoms with E-state index in [4.69, 9.17) is 9.52 Å². The van der Waals surface area contributed by atoms with Crippen molar-refractivity contribution in [2.75, 3.05) is 0 Å². The quantitative estimate of drug-likeness (QED) is 0.608. The van der Waals surface area contributed by atoms with Gasteiger partial charge in [-0.15, -0.1) is 0 Å². The first-order valence-electron chi connectivity index (χ1n) is 6.45. The van der Waals surface area contributed by atoms with Crippen molar-refractivity contribution in [2.24, 2.45) is 5.10 Å². The lowest BCUT2D eigenvalue weighted by atomic mass is 10.1. The van der Waals surface area contributed by atoms with Gasteiger partial charge in [0, 0.05) is 6.42 Å². The van der Waals surface area contributed by atoms with Gasteiger partial charge < -0.3 is 9.52 Å². The van der Waals surface area contributed by atoms with Gasteiger partial charge in [-0.2, -0.15) is 5.10 Å². The molecule has 0 aliphatic heterocycles. The van der Waals surface area contributed by atoms with Gasteiger partial charge in [0.1, 0.15) is 0 Å². The molecule has 0 aliphatic rings. The molecular formula is C15H13BrN2O4. The van der Waals surface area contributed by atoms with Crippen LogP contribution in [-0.2, 0) is 4.79 Å². The molecule has 0 radical (unpaired) electrons. The highest BCUT2D eigenvalue weighted by molar-refractivity contribution is 9.10. The molecule has 1 aromatic carbocycles. The Kier molecular flexibility index (Phi) is 5.48. The van der Waals surface area contributed by atoms with Crippen molar-refractivity contribution in [3.05, 3.63) is 58.5 Å². The molecule has 1 aromatic heterocycles. The van der Waals surface area contributed by atoms with Crippen molar-refractivity contribution in [1.29, 1.82) is 0 Å². The molecule has 0 aliphatic carbocycles. The van der Waals surface area contributed by atoms with E-state index in [0.717, 1.165) is 5.56 Å². The standard InChI is InChI=1S/C15H13BrN2O4/c16-13-8-7-12(22-13)15(21)18-17-11(6-9-14(19)20)10-4-2-1-3-5-10/h1-5,7-8H,6,9H2,(H,18,21)(H,19,20)/b17-11-. The number of hydrogen-bond donors (Lipinski definition) is 2. The number of hydrogen-bond acceptors (Lipinski definition) is 4. The maximum atomic E-state index is 11.9. The van der Waals surface area contributed by atoms with Crippen molar-refractivity contribution in [2.45, 2.75) is 12.8 Å². The SMILES string of the molecule is O=C(O)CC/C(=N/NC(=O)c1ccc(Br)o1)c1ccccc1. The molecule has 0 atom stereocenters. The summed E-state index contributed by atoms with van der Waals surface area (Å²) in [6, 6.07) is 12.2. The molecule has 0 spiro atoms. The van der Waals surface area contributed by atoms with Crippen LogP contribution in [0.5, 0.6) is 0 Å². The van der Waals surface area contributed by atoms with E-state index in [1.807, 2.05) is 18.2 Å². The van der Waals surface area contributed by atoms with Crippen LogP contribution >= 0.6 is 15.9 Å². The molecule has 0 fully saturated rings. The minimum atomic E-state index is -0.926. The largest absolute Gasteiger partial charge is 0.481 e. The average molecular weight is 365 g/mol. The van der Waals surface area contributed by atoms with Gasteiger partial charge in [0.2, 0.25) is 0 Å². The van der Waals surface area contributed by atoms with E-state index in [0.29, 0.717) is 10.4 Å². The Balaban J connectivity index is 2.13. The van der Waals surface area contributed by atoms with Gasteiger partial charge >= 0.3 is 11.9 Å². The predicted octanol–water partition coefficient (Wildman–Crippen LogP) is 3.04. The monoisotopic (exact) mass is 364 g/mol. The number of hydrazone groups is 1. The maximum absolute atomic E-state index is 11.9. The van der Waals surface area contributed by atoms with E-state index < -0.39 is 11.9 Å². The number of carboxylic acid groups (broad SMARTS) is 1. The molecule has 6 nitrogen and oxygen atoms in total. The van der Waals surface area contributed by atoms with Crippen molar-refractivity contribution >= 4 is 33.5 Å². The van der Waals surface area contributed by atoms with Crippen molar-refractivity contribution < 1.29 is 19.1 Å². The molecule has 7 heteroatoms. The minimum Gasteiger partial charge on any atom is -0.481 e. The first kappa shape index (κ1) is 16.0. The zero-order valence-electron chi connectivity index (χ0n) is 11.5. The van der Waals surface area contributed by atoms with Crippen LogP contribution in [0.1, 0.15) is 29.0 Å². The highest BCUT2D eigenvalue weighted by Crippen LogP contribution is 2.14. The molecular weight excluding hydrogens is 352 g/mol. The fourth-order valence-electron chi connectivity index (χ4n) is 1.73. The molecule has 0 bridgehead atoms. The number of carbonyl (C=O) groups excluding carboxylic acids is 1. The van der Waals surface area contributed by atoms with Crippen molar-refractivity contribution in [1.82, 2.24) is 5.43 Å². The van der Waals surface area contributed by atoms with Crippen LogP contribution in [0, 0.1) is 0 Å². The van der Waals surface area contributed by atoms with Crippen LogP contribution in [0.15, 0.2) is 56.7 Å². The lowest BCUT2D eigenvalue weighted by Crippen LogP contribution is -2.20. The average Bonchev–Trinajstić information content (AvgIpc) is 2.94. The number of furan rings is 1. The number of benzene rings is 1. The zero-order chi connectivity index (χ0) is 15.9. The molecule has 2 aromatic rings. The fraction of sp³-hybridized carbons (Fsp3) is 0.133. The molecule has 22 heavy (non-hydrogen) atoms. The number of nitrogens with one attached hydrogen (secondary N) is 1. The summed E-state index contributed by atoms with van der Waals surface area (Å²) >= 11 is 3.11. The summed E-state index contributed by atoms with van der Waals surface area (Å²) in [6.45, 7) is 0. The van der Waals surface area contributed by atoms with Crippen molar-refractivity contribution in [3.63, 3.8) is 0 Å². The summed E-state index contributed by atoms with van der Waals surface area (Å²) in [5, 5.41) is 12.8. The minimum absolute atomic E-state index is 0.0735. The number of nitrogens with zero attached hydrogens (tertiary/aromatic N) is 1. The summed E-state index contributed by atoms with van der Waals surface area (Å²) in [5.41, 5.74) is 3.62. The van der Waals surface area contributed by atoms with Crippen LogP contribution < -0.4 is 5.43 Å². The van der Waals surface area contributed by atoms with Crippen LogP contribution in [0.3, 0.4) is 0 Å². The van der Waals surface area contributed by atoms with Crippen LogP contribution in [-0.4, -0.2) is 22.7 Å². The number of carbonyl (C=O) groups is 2. The molecule has 114 valence electrons. The molecule has 2 rings (SSSR count). The third-order valence-corrected chi connectivity index (χ3v) is 3.20. The molecule has 0 saturated carbocycles. The number of aliphatic carboxylic acids is 1. The van der Waals surface area contributed by atoms with E-state index in [-0.39, 0.29) is 18.6 Å².